The van der Waals surface area contributed by atoms with Crippen molar-refractivity contribution in [2.24, 2.45) is 0 Å². The Balaban J connectivity index is 0.994. The Morgan fingerprint density at radius 3 is 1.81 bits per heavy atom. The average Bonchev–Trinajstić information content (AvgIpc) is 3.85. The number of hydrogen-bond donors (Lipinski definition) is 0. The van der Waals surface area contributed by atoms with Crippen molar-refractivity contribution in [2.75, 3.05) is 0 Å². The molecule has 4 heteroatoms. The Morgan fingerprint density at radius 2 is 1.02 bits per heavy atom. The van der Waals surface area contributed by atoms with Gasteiger partial charge in [0.05, 0.1) is 11.0 Å². The predicted molar refractivity (Wildman–Crippen MR) is 240 cm³/mol. The molecule has 12 rings (SSSR count). The molecule has 0 atom stereocenters. The first kappa shape index (κ1) is 32.4. The summed E-state index contributed by atoms with van der Waals surface area (Å²) in [6.45, 7) is 0. The van der Waals surface area contributed by atoms with Gasteiger partial charge in [0.15, 0.2) is 11.4 Å². The zero-order valence-electron chi connectivity index (χ0n) is 31.3. The highest BCUT2D eigenvalue weighted by Crippen LogP contribution is 2.40. The summed E-state index contributed by atoms with van der Waals surface area (Å²) in [5.74, 6) is 0.652. The molecule has 9 aromatic carbocycles. The van der Waals surface area contributed by atoms with Crippen LogP contribution in [0.1, 0.15) is 0 Å². The number of rotatable bonds is 5. The van der Waals surface area contributed by atoms with Gasteiger partial charge in [-0.05, 0) is 80.9 Å². The van der Waals surface area contributed by atoms with Gasteiger partial charge in [0.2, 0.25) is 0 Å². The molecule has 3 heterocycles. The highest BCUT2D eigenvalue weighted by molar-refractivity contribution is 6.18. The second kappa shape index (κ2) is 12.9. The van der Waals surface area contributed by atoms with Crippen LogP contribution in [0, 0.1) is 0 Å². The Bertz CT molecular complexity index is 3540. The highest BCUT2D eigenvalue weighted by atomic mass is 16.3. The number of hydrogen-bond acceptors (Lipinski definition) is 3. The lowest BCUT2D eigenvalue weighted by atomic mass is 9.91. The van der Waals surface area contributed by atoms with Crippen LogP contribution in [-0.2, 0) is 0 Å². The molecular formula is C54H33N3O. The molecule has 0 radical (unpaired) electrons. The van der Waals surface area contributed by atoms with Gasteiger partial charge in [0.25, 0.3) is 0 Å². The number of para-hydroxylation sites is 2. The summed E-state index contributed by atoms with van der Waals surface area (Å²) in [6.07, 6.45) is 0. The molecule has 270 valence electrons. The molecule has 0 N–H and O–H groups in total. The van der Waals surface area contributed by atoms with Crippen LogP contribution >= 0.6 is 0 Å². The van der Waals surface area contributed by atoms with Crippen LogP contribution in [0.25, 0.3) is 116 Å². The molecule has 0 bridgehead atoms. The Labute approximate surface area is 333 Å². The molecule has 3 aromatic heterocycles. The lowest BCUT2D eigenvalue weighted by Crippen LogP contribution is -1.96. The molecule has 0 aliphatic carbocycles. The topological polar surface area (TPSA) is 43.9 Å². The van der Waals surface area contributed by atoms with E-state index in [0.29, 0.717) is 11.4 Å². The minimum Gasteiger partial charge on any atom is -0.452 e. The van der Waals surface area contributed by atoms with Crippen LogP contribution in [0.5, 0.6) is 0 Å². The zero-order valence-corrected chi connectivity index (χ0v) is 31.3. The summed E-state index contributed by atoms with van der Waals surface area (Å²) < 4.78 is 8.91. The fraction of sp³-hybridized carbons (Fsp3) is 0. The summed E-state index contributed by atoms with van der Waals surface area (Å²) >= 11 is 0. The average molecular weight is 740 g/mol. The van der Waals surface area contributed by atoms with Crippen LogP contribution in [0.3, 0.4) is 0 Å². The molecule has 12 aromatic rings. The maximum absolute atomic E-state index is 6.52. The first-order valence-electron chi connectivity index (χ1n) is 19.7. The number of nitrogens with zero attached hydrogens (tertiary/aromatic N) is 3. The quantitative estimate of drug-likeness (QED) is 0.177. The van der Waals surface area contributed by atoms with Crippen LogP contribution < -0.4 is 0 Å². The maximum Gasteiger partial charge on any atom is 0.180 e. The molecular weight excluding hydrogens is 707 g/mol. The van der Waals surface area contributed by atoms with Gasteiger partial charge in [-0.25, -0.2) is 9.97 Å². The smallest absolute Gasteiger partial charge is 0.180 e. The first-order chi connectivity index (χ1) is 28.8. The molecule has 0 aliphatic heterocycles. The van der Waals surface area contributed by atoms with Gasteiger partial charge < -0.3 is 8.98 Å². The van der Waals surface area contributed by atoms with Gasteiger partial charge >= 0.3 is 0 Å². The van der Waals surface area contributed by atoms with Gasteiger partial charge in [-0.3, -0.25) is 0 Å². The minimum atomic E-state index is 0.652. The normalized spacial score (nSPS) is 11.8. The van der Waals surface area contributed by atoms with Crippen LogP contribution in [0.15, 0.2) is 205 Å². The molecule has 0 unspecified atom stereocenters. The lowest BCUT2D eigenvalue weighted by molar-refractivity contribution is 0.667. The fourth-order valence-corrected chi connectivity index (χ4v) is 8.92. The summed E-state index contributed by atoms with van der Waals surface area (Å²) in [6, 6.07) is 71.0. The predicted octanol–water partition coefficient (Wildman–Crippen LogP) is 14.4. The van der Waals surface area contributed by atoms with E-state index in [0.717, 1.165) is 44.6 Å². The van der Waals surface area contributed by atoms with Crippen molar-refractivity contribution in [3.63, 3.8) is 0 Å². The van der Waals surface area contributed by atoms with Crippen LogP contribution in [0.4, 0.5) is 0 Å². The van der Waals surface area contributed by atoms with E-state index in [9.17, 15) is 0 Å². The molecule has 4 nitrogen and oxygen atoms in total. The van der Waals surface area contributed by atoms with E-state index in [1.165, 1.54) is 60.0 Å². The van der Waals surface area contributed by atoms with Gasteiger partial charge in [-0.1, -0.05) is 158 Å². The summed E-state index contributed by atoms with van der Waals surface area (Å²) in [5.41, 5.74) is 13.2. The van der Waals surface area contributed by atoms with E-state index < -0.39 is 0 Å². The van der Waals surface area contributed by atoms with Crippen molar-refractivity contribution < 1.29 is 4.42 Å². The molecule has 0 spiro atoms. The molecule has 0 fully saturated rings. The monoisotopic (exact) mass is 739 g/mol. The molecule has 0 saturated carbocycles. The third kappa shape index (κ3) is 5.02. The van der Waals surface area contributed by atoms with Gasteiger partial charge in [0, 0.05) is 38.4 Å². The van der Waals surface area contributed by atoms with E-state index >= 15 is 0 Å². The zero-order chi connectivity index (χ0) is 38.2. The molecule has 0 aliphatic rings. The standard InChI is InChI=1S/C54H33N3O/c1-2-12-34(13-3-1)41-20-10-15-37-16-11-21-42(49(37)41)36-24-26-38(27-25-36)50-53-51(46-19-7-9-23-48(46)58-53)56-54(55-50)39-28-31-40(32-29-39)57-47-22-8-6-18-44(47)45-33-30-35-14-4-5-17-43(35)52(45)57/h1-33H. The fourth-order valence-electron chi connectivity index (χ4n) is 8.92. The highest BCUT2D eigenvalue weighted by Gasteiger charge is 2.20. The Hall–Kier alpha value is -7.82. The van der Waals surface area contributed by atoms with E-state index in [2.05, 4.69) is 187 Å². The van der Waals surface area contributed by atoms with Crippen LogP contribution in [0.2, 0.25) is 0 Å². The lowest BCUT2D eigenvalue weighted by Gasteiger charge is -2.13. The van der Waals surface area contributed by atoms with E-state index in [4.69, 9.17) is 14.4 Å². The van der Waals surface area contributed by atoms with E-state index in [-0.39, 0.29) is 0 Å². The second-order valence-electron chi connectivity index (χ2n) is 14.9. The Morgan fingerprint density at radius 1 is 0.397 bits per heavy atom. The van der Waals surface area contributed by atoms with Crippen molar-refractivity contribution >= 4 is 65.4 Å². The Kier molecular flexibility index (Phi) is 7.20. The van der Waals surface area contributed by atoms with Crippen molar-refractivity contribution in [2.45, 2.75) is 0 Å². The SMILES string of the molecule is c1ccc(-c2cccc3cccc(-c4ccc(-c5nc(-c6ccc(-n7c8ccccc8c8ccc9ccccc9c87)cc6)nc6c5oc5ccccc56)cc4)c23)cc1. The second-order valence-corrected chi connectivity index (χ2v) is 14.9. The van der Waals surface area contributed by atoms with Crippen molar-refractivity contribution in [1.29, 1.82) is 0 Å². The number of benzene rings is 9. The first-order valence-corrected chi connectivity index (χ1v) is 19.7. The number of fused-ring (bicyclic) bond motifs is 9. The van der Waals surface area contributed by atoms with Crippen LogP contribution in [-0.4, -0.2) is 14.5 Å². The number of furan rings is 1. The van der Waals surface area contributed by atoms with Crippen molar-refractivity contribution in [3.05, 3.63) is 200 Å². The third-order valence-electron chi connectivity index (χ3n) is 11.6. The maximum atomic E-state index is 6.52. The van der Waals surface area contributed by atoms with Gasteiger partial charge in [-0.2, -0.15) is 0 Å². The van der Waals surface area contributed by atoms with Crippen molar-refractivity contribution in [3.8, 4) is 50.6 Å². The number of aromatic nitrogens is 3. The van der Waals surface area contributed by atoms with E-state index in [1.54, 1.807) is 0 Å². The molecule has 0 saturated heterocycles. The minimum absolute atomic E-state index is 0.652. The van der Waals surface area contributed by atoms with Crippen molar-refractivity contribution in [1.82, 2.24) is 14.5 Å². The van der Waals surface area contributed by atoms with Gasteiger partial charge in [-0.15, -0.1) is 0 Å². The summed E-state index contributed by atoms with van der Waals surface area (Å²) in [5, 5.41) is 8.35. The summed E-state index contributed by atoms with van der Waals surface area (Å²) in [4.78, 5) is 10.4. The molecule has 0 amide bonds. The van der Waals surface area contributed by atoms with Gasteiger partial charge in [0.1, 0.15) is 16.8 Å². The summed E-state index contributed by atoms with van der Waals surface area (Å²) in [7, 11) is 0. The van der Waals surface area contributed by atoms with E-state index in [1.807, 2.05) is 18.2 Å². The molecule has 58 heavy (non-hydrogen) atoms. The third-order valence-corrected chi connectivity index (χ3v) is 11.6. The largest absolute Gasteiger partial charge is 0.452 e.